The largest absolute Gasteiger partial charge is 0.444 e. The van der Waals surface area contributed by atoms with Crippen molar-refractivity contribution in [3.8, 4) is 0 Å². The number of aryl methyl sites for hydroxylation is 1. The van der Waals surface area contributed by atoms with Crippen LogP contribution in [-0.4, -0.2) is 47.5 Å². The van der Waals surface area contributed by atoms with Crippen molar-refractivity contribution in [3.63, 3.8) is 0 Å². The number of fused-ring (bicyclic) bond motifs is 1. The van der Waals surface area contributed by atoms with Crippen molar-refractivity contribution >= 4 is 28.7 Å². The molecule has 1 atom stereocenters. The first-order valence-electron chi connectivity index (χ1n) is 12.7. The number of carbonyl (C=O) groups is 3. The minimum atomic E-state index is -0.544. The zero-order chi connectivity index (χ0) is 26.6. The van der Waals surface area contributed by atoms with E-state index in [-0.39, 0.29) is 36.4 Å². The highest BCUT2D eigenvalue weighted by molar-refractivity contribution is 5.96. The minimum absolute atomic E-state index is 0.0832. The molecule has 7 nitrogen and oxygen atoms in total. The lowest BCUT2D eigenvalue weighted by Gasteiger charge is -2.40. The van der Waals surface area contributed by atoms with Crippen LogP contribution >= 0.6 is 0 Å². The van der Waals surface area contributed by atoms with Crippen LogP contribution in [0.4, 0.5) is 4.79 Å². The molecule has 3 aromatic carbocycles. The maximum Gasteiger partial charge on any atom is 0.410 e. The Bertz CT molecular complexity index is 1290. The maximum atomic E-state index is 13.2. The van der Waals surface area contributed by atoms with Crippen molar-refractivity contribution < 1.29 is 19.1 Å². The summed E-state index contributed by atoms with van der Waals surface area (Å²) >= 11 is 0. The molecule has 194 valence electrons. The molecule has 4 rings (SSSR count). The zero-order valence-corrected chi connectivity index (χ0v) is 21.9. The van der Waals surface area contributed by atoms with E-state index in [4.69, 9.17) is 4.74 Å². The van der Waals surface area contributed by atoms with E-state index < -0.39 is 5.60 Å². The first-order chi connectivity index (χ1) is 17.6. The number of benzene rings is 3. The molecule has 1 aliphatic rings. The fraction of sp³-hybridized carbons (Fsp3) is 0.367. The number of ether oxygens (including phenoxy) is 1. The van der Waals surface area contributed by atoms with Gasteiger partial charge >= 0.3 is 6.09 Å². The van der Waals surface area contributed by atoms with Gasteiger partial charge in [0.1, 0.15) is 5.60 Å². The smallest absolute Gasteiger partial charge is 0.410 e. The molecule has 0 spiro atoms. The molecule has 1 heterocycles. The Kier molecular flexibility index (Phi) is 7.81. The number of hydrogen-bond acceptors (Lipinski definition) is 4. The monoisotopic (exact) mass is 501 g/mol. The van der Waals surface area contributed by atoms with Gasteiger partial charge in [0.2, 0.25) is 5.91 Å². The molecule has 0 bridgehead atoms. The van der Waals surface area contributed by atoms with Gasteiger partial charge in [0.15, 0.2) is 0 Å². The summed E-state index contributed by atoms with van der Waals surface area (Å²) in [5, 5.41) is 8.34. The van der Waals surface area contributed by atoms with Crippen LogP contribution in [0.5, 0.6) is 0 Å². The summed E-state index contributed by atoms with van der Waals surface area (Å²) in [4.78, 5) is 39.4. The normalized spacial score (nSPS) is 14.5. The van der Waals surface area contributed by atoms with Crippen LogP contribution in [0.25, 0.3) is 10.8 Å². The van der Waals surface area contributed by atoms with Crippen molar-refractivity contribution in [2.75, 3.05) is 13.1 Å². The summed E-state index contributed by atoms with van der Waals surface area (Å²) in [7, 11) is 0. The summed E-state index contributed by atoms with van der Waals surface area (Å²) in [6.07, 6.45) is 0.336. The molecule has 7 heteroatoms. The number of nitrogens with zero attached hydrogens (tertiary/aromatic N) is 1. The van der Waals surface area contributed by atoms with Gasteiger partial charge in [0, 0.05) is 25.1 Å². The van der Waals surface area contributed by atoms with Gasteiger partial charge in [-0.05, 0) is 62.1 Å². The van der Waals surface area contributed by atoms with E-state index >= 15 is 0 Å². The van der Waals surface area contributed by atoms with E-state index in [1.807, 2.05) is 70.2 Å². The molecule has 1 aliphatic heterocycles. The Morgan fingerprint density at radius 2 is 1.65 bits per heavy atom. The number of likely N-dealkylation sites (tertiary alicyclic amines) is 1. The first-order valence-corrected chi connectivity index (χ1v) is 12.7. The molecule has 0 aromatic heterocycles. The number of amides is 3. The van der Waals surface area contributed by atoms with Crippen LogP contribution in [0.2, 0.25) is 0 Å². The fourth-order valence-electron chi connectivity index (χ4n) is 4.53. The summed E-state index contributed by atoms with van der Waals surface area (Å²) < 4.78 is 5.35. The van der Waals surface area contributed by atoms with E-state index in [0.29, 0.717) is 25.1 Å². The third-order valence-corrected chi connectivity index (χ3v) is 6.42. The van der Waals surface area contributed by atoms with E-state index in [2.05, 4.69) is 28.8 Å². The summed E-state index contributed by atoms with van der Waals surface area (Å²) in [5.74, 6) is -0.267. The predicted octanol–water partition coefficient (Wildman–Crippen LogP) is 5.00. The fourth-order valence-corrected chi connectivity index (χ4v) is 4.53. The van der Waals surface area contributed by atoms with Crippen molar-refractivity contribution in [2.24, 2.45) is 0 Å². The molecule has 3 amide bonds. The molecule has 0 saturated carbocycles. The molecular weight excluding hydrogens is 466 g/mol. The molecule has 1 saturated heterocycles. The SMILES string of the molecule is CC(NC(=O)c1ccccc1CCC(=O)NC1CN(C(=O)OC(C)(C)C)C1)c1cccc2ccccc12. The van der Waals surface area contributed by atoms with Gasteiger partial charge in [0.05, 0.1) is 12.1 Å². The van der Waals surface area contributed by atoms with Gasteiger partial charge in [-0.1, -0.05) is 60.7 Å². The molecule has 0 aliphatic carbocycles. The number of hydrogen-bond donors (Lipinski definition) is 2. The highest BCUT2D eigenvalue weighted by atomic mass is 16.6. The van der Waals surface area contributed by atoms with Crippen LogP contribution in [-0.2, 0) is 16.0 Å². The minimum Gasteiger partial charge on any atom is -0.444 e. The van der Waals surface area contributed by atoms with Gasteiger partial charge in [-0.15, -0.1) is 0 Å². The number of nitrogens with one attached hydrogen (secondary N) is 2. The number of carbonyl (C=O) groups excluding carboxylic acids is 3. The Balaban J connectivity index is 1.31. The van der Waals surface area contributed by atoms with Crippen LogP contribution in [0, 0.1) is 0 Å². The average molecular weight is 502 g/mol. The lowest BCUT2D eigenvalue weighted by molar-refractivity contribution is -0.123. The van der Waals surface area contributed by atoms with Crippen LogP contribution < -0.4 is 10.6 Å². The van der Waals surface area contributed by atoms with Crippen LogP contribution in [0.15, 0.2) is 66.7 Å². The van der Waals surface area contributed by atoms with Gasteiger partial charge < -0.3 is 20.3 Å². The first kappa shape index (κ1) is 26.2. The van der Waals surface area contributed by atoms with E-state index in [0.717, 1.165) is 21.9 Å². The van der Waals surface area contributed by atoms with Crippen molar-refractivity contribution in [3.05, 3.63) is 83.4 Å². The molecule has 0 radical (unpaired) electrons. The van der Waals surface area contributed by atoms with Gasteiger partial charge in [-0.25, -0.2) is 4.79 Å². The standard InChI is InChI=1S/C30H35N3O4/c1-20(24-15-9-12-21-10-5-7-13-25(21)24)31-28(35)26-14-8-6-11-22(26)16-17-27(34)32-23-18-33(19-23)29(36)37-30(2,3)4/h5-15,20,23H,16-19H2,1-4H3,(H,31,35)(H,32,34). The topological polar surface area (TPSA) is 87.7 Å². The molecular formula is C30H35N3O4. The Morgan fingerprint density at radius 3 is 2.41 bits per heavy atom. The van der Waals surface area contributed by atoms with Crippen molar-refractivity contribution in [1.29, 1.82) is 0 Å². The van der Waals surface area contributed by atoms with Crippen molar-refractivity contribution in [2.45, 2.75) is 58.2 Å². The second-order valence-electron chi connectivity index (χ2n) is 10.6. The third-order valence-electron chi connectivity index (χ3n) is 6.42. The summed E-state index contributed by atoms with van der Waals surface area (Å²) in [5.41, 5.74) is 1.91. The Morgan fingerprint density at radius 1 is 0.973 bits per heavy atom. The van der Waals surface area contributed by atoms with Crippen molar-refractivity contribution in [1.82, 2.24) is 15.5 Å². The Hall–Kier alpha value is -3.87. The highest BCUT2D eigenvalue weighted by Crippen LogP contribution is 2.25. The second-order valence-corrected chi connectivity index (χ2v) is 10.6. The average Bonchev–Trinajstić information content (AvgIpc) is 2.83. The predicted molar refractivity (Wildman–Crippen MR) is 144 cm³/mol. The van der Waals surface area contributed by atoms with Crippen LogP contribution in [0.1, 0.15) is 61.6 Å². The zero-order valence-electron chi connectivity index (χ0n) is 21.9. The molecule has 3 aromatic rings. The van der Waals surface area contributed by atoms with E-state index in [9.17, 15) is 14.4 Å². The van der Waals surface area contributed by atoms with Crippen LogP contribution in [0.3, 0.4) is 0 Å². The van der Waals surface area contributed by atoms with E-state index in [1.54, 1.807) is 11.0 Å². The highest BCUT2D eigenvalue weighted by Gasteiger charge is 2.34. The molecule has 2 N–H and O–H groups in total. The Labute approximate surface area is 218 Å². The summed E-state index contributed by atoms with van der Waals surface area (Å²) in [6.45, 7) is 8.33. The molecule has 37 heavy (non-hydrogen) atoms. The summed E-state index contributed by atoms with van der Waals surface area (Å²) in [6, 6.07) is 21.4. The lowest BCUT2D eigenvalue weighted by Crippen LogP contribution is -2.61. The molecule has 1 unspecified atom stereocenters. The van der Waals surface area contributed by atoms with E-state index in [1.165, 1.54) is 0 Å². The number of rotatable bonds is 7. The van der Waals surface area contributed by atoms with Gasteiger partial charge in [-0.3, -0.25) is 9.59 Å². The second kappa shape index (κ2) is 11.0. The maximum absolute atomic E-state index is 13.2. The lowest BCUT2D eigenvalue weighted by atomic mass is 9.98. The third kappa shape index (κ3) is 6.67. The van der Waals surface area contributed by atoms with Gasteiger partial charge in [-0.2, -0.15) is 0 Å². The van der Waals surface area contributed by atoms with Gasteiger partial charge in [0.25, 0.3) is 5.91 Å². The quantitative estimate of drug-likeness (QED) is 0.477. The molecule has 1 fully saturated rings.